The minimum absolute atomic E-state index is 0.0605. The van der Waals surface area contributed by atoms with Crippen molar-refractivity contribution in [3.05, 3.63) is 89.5 Å². The molecular formula is C30H32F3NO3. The second-order valence-corrected chi connectivity index (χ2v) is 9.42. The quantitative estimate of drug-likeness (QED) is 0.213. The van der Waals surface area contributed by atoms with E-state index < -0.39 is 18.0 Å². The van der Waals surface area contributed by atoms with Gasteiger partial charge in [0.05, 0.1) is 12.2 Å². The Kier molecular flexibility index (Phi) is 8.54. The van der Waals surface area contributed by atoms with Gasteiger partial charge in [0.25, 0.3) is 5.91 Å². The molecule has 0 radical (unpaired) electrons. The molecule has 7 heteroatoms. The Labute approximate surface area is 215 Å². The van der Waals surface area contributed by atoms with Crippen molar-refractivity contribution in [3.63, 3.8) is 0 Å². The van der Waals surface area contributed by atoms with E-state index in [1.54, 1.807) is 30.3 Å². The van der Waals surface area contributed by atoms with Crippen molar-refractivity contribution in [2.75, 3.05) is 6.61 Å². The normalized spacial score (nSPS) is 14.3. The van der Waals surface area contributed by atoms with Gasteiger partial charge in [0.1, 0.15) is 5.75 Å². The summed E-state index contributed by atoms with van der Waals surface area (Å²) in [6.07, 6.45) is 0.375. The lowest BCUT2D eigenvalue weighted by Crippen LogP contribution is -2.37. The molecule has 0 aromatic heterocycles. The fourth-order valence-electron chi connectivity index (χ4n) is 4.32. The number of aliphatic hydroxyl groups excluding tert-OH is 1. The van der Waals surface area contributed by atoms with Crippen molar-refractivity contribution in [2.24, 2.45) is 0 Å². The van der Waals surface area contributed by atoms with E-state index >= 15 is 0 Å². The number of para-hydroxylation sites is 1. The van der Waals surface area contributed by atoms with Gasteiger partial charge in [-0.2, -0.15) is 13.2 Å². The molecule has 196 valence electrons. The van der Waals surface area contributed by atoms with Crippen molar-refractivity contribution < 1.29 is 27.8 Å². The summed E-state index contributed by atoms with van der Waals surface area (Å²) in [5, 5.41) is 11.3. The van der Waals surface area contributed by atoms with E-state index in [4.69, 9.17) is 4.74 Å². The van der Waals surface area contributed by atoms with Crippen LogP contribution in [-0.2, 0) is 6.18 Å². The highest BCUT2D eigenvalue weighted by Gasteiger charge is 2.38. The molecule has 37 heavy (non-hydrogen) atoms. The van der Waals surface area contributed by atoms with Crippen LogP contribution < -0.4 is 4.74 Å². The third-order valence-electron chi connectivity index (χ3n) is 6.57. The Morgan fingerprint density at radius 2 is 1.57 bits per heavy atom. The monoisotopic (exact) mass is 511 g/mol. The molecule has 1 aliphatic rings. The van der Waals surface area contributed by atoms with E-state index in [-0.39, 0.29) is 11.9 Å². The largest absolute Gasteiger partial charge is 0.493 e. The van der Waals surface area contributed by atoms with Gasteiger partial charge in [0.2, 0.25) is 0 Å². The minimum Gasteiger partial charge on any atom is -0.493 e. The summed E-state index contributed by atoms with van der Waals surface area (Å²) in [5.41, 5.74) is 1.57. The van der Waals surface area contributed by atoms with Crippen LogP contribution in [0.5, 0.6) is 5.75 Å². The molecule has 1 amide bonds. The zero-order valence-corrected chi connectivity index (χ0v) is 20.9. The van der Waals surface area contributed by atoms with E-state index in [1.807, 2.05) is 18.2 Å². The lowest BCUT2D eigenvalue weighted by atomic mass is 10.0. The maximum Gasteiger partial charge on any atom is 0.416 e. The van der Waals surface area contributed by atoms with Gasteiger partial charge in [-0.15, -0.1) is 0 Å². The Hall–Kier alpha value is -3.32. The van der Waals surface area contributed by atoms with E-state index in [0.717, 1.165) is 50.7 Å². The van der Waals surface area contributed by atoms with Gasteiger partial charge in [-0.05, 0) is 60.7 Å². The predicted molar refractivity (Wildman–Crippen MR) is 137 cm³/mol. The summed E-state index contributed by atoms with van der Waals surface area (Å²) >= 11 is 0. The van der Waals surface area contributed by atoms with Crippen molar-refractivity contribution in [1.82, 2.24) is 4.90 Å². The maximum absolute atomic E-state index is 13.5. The van der Waals surface area contributed by atoms with Gasteiger partial charge in [0.15, 0.2) is 6.23 Å². The lowest BCUT2D eigenvalue weighted by Gasteiger charge is -2.29. The number of hydrogen-bond acceptors (Lipinski definition) is 3. The molecule has 1 saturated carbocycles. The molecule has 1 aliphatic carbocycles. The van der Waals surface area contributed by atoms with E-state index in [1.165, 1.54) is 17.0 Å². The molecule has 3 aromatic carbocycles. The smallest absolute Gasteiger partial charge is 0.416 e. The van der Waals surface area contributed by atoms with Crippen LogP contribution in [0.4, 0.5) is 13.2 Å². The van der Waals surface area contributed by atoms with Gasteiger partial charge < -0.3 is 14.7 Å². The fourth-order valence-corrected chi connectivity index (χ4v) is 4.32. The number of rotatable bonds is 11. The lowest BCUT2D eigenvalue weighted by molar-refractivity contribution is -0.137. The zero-order chi connectivity index (χ0) is 26.4. The van der Waals surface area contributed by atoms with Gasteiger partial charge >= 0.3 is 6.18 Å². The molecule has 0 saturated heterocycles. The summed E-state index contributed by atoms with van der Waals surface area (Å²) < 4.78 is 44.5. The molecule has 1 unspecified atom stereocenters. The van der Waals surface area contributed by atoms with Crippen molar-refractivity contribution in [2.45, 2.75) is 63.9 Å². The number of carbonyl (C=O) groups is 1. The predicted octanol–water partition coefficient (Wildman–Crippen LogP) is 7.63. The zero-order valence-electron chi connectivity index (χ0n) is 20.9. The number of halogens is 3. The van der Waals surface area contributed by atoms with Crippen LogP contribution in [0.2, 0.25) is 0 Å². The van der Waals surface area contributed by atoms with Crippen LogP contribution in [0.15, 0.2) is 72.8 Å². The second-order valence-electron chi connectivity index (χ2n) is 9.42. The molecule has 3 aromatic rings. The summed E-state index contributed by atoms with van der Waals surface area (Å²) in [5.74, 6) is 0.273. The highest BCUT2D eigenvalue weighted by Crippen LogP contribution is 2.38. The van der Waals surface area contributed by atoms with Crippen LogP contribution >= 0.6 is 0 Å². The Balaban J connectivity index is 1.49. The van der Waals surface area contributed by atoms with E-state index in [9.17, 15) is 23.1 Å². The number of alkyl halides is 3. The topological polar surface area (TPSA) is 49.8 Å². The van der Waals surface area contributed by atoms with Gasteiger partial charge in [-0.1, -0.05) is 68.7 Å². The minimum atomic E-state index is -4.39. The third-order valence-corrected chi connectivity index (χ3v) is 6.57. The Morgan fingerprint density at radius 1 is 0.946 bits per heavy atom. The van der Waals surface area contributed by atoms with E-state index in [2.05, 4.69) is 6.92 Å². The van der Waals surface area contributed by atoms with Crippen LogP contribution in [0.1, 0.15) is 73.2 Å². The van der Waals surface area contributed by atoms with E-state index in [0.29, 0.717) is 34.6 Å². The van der Waals surface area contributed by atoms with Crippen molar-refractivity contribution in [1.29, 1.82) is 0 Å². The second kappa shape index (κ2) is 11.8. The molecule has 1 N–H and O–H groups in total. The van der Waals surface area contributed by atoms with Gasteiger partial charge in [-0.25, -0.2) is 0 Å². The first-order valence-corrected chi connectivity index (χ1v) is 12.8. The summed E-state index contributed by atoms with van der Waals surface area (Å²) in [7, 11) is 0. The number of unbranched alkanes of at least 4 members (excludes halogenated alkanes) is 3. The average molecular weight is 512 g/mol. The first-order valence-electron chi connectivity index (χ1n) is 12.8. The number of amides is 1. The van der Waals surface area contributed by atoms with Crippen molar-refractivity contribution in [3.8, 4) is 16.9 Å². The summed E-state index contributed by atoms with van der Waals surface area (Å²) in [6.45, 7) is 2.70. The highest BCUT2D eigenvalue weighted by atomic mass is 19.4. The molecule has 1 fully saturated rings. The van der Waals surface area contributed by atoms with Crippen LogP contribution in [0.25, 0.3) is 11.1 Å². The third kappa shape index (κ3) is 6.72. The van der Waals surface area contributed by atoms with Crippen LogP contribution in [0, 0.1) is 0 Å². The molecule has 0 aliphatic heterocycles. The molecule has 0 bridgehead atoms. The molecule has 4 nitrogen and oxygen atoms in total. The average Bonchev–Trinajstić information content (AvgIpc) is 3.74. The van der Waals surface area contributed by atoms with Crippen LogP contribution in [0.3, 0.4) is 0 Å². The number of benzene rings is 3. The van der Waals surface area contributed by atoms with Crippen LogP contribution in [-0.4, -0.2) is 28.6 Å². The molecular weight excluding hydrogens is 479 g/mol. The first-order chi connectivity index (χ1) is 17.8. The molecule has 1 atom stereocenters. The van der Waals surface area contributed by atoms with Crippen molar-refractivity contribution >= 4 is 5.91 Å². The maximum atomic E-state index is 13.5. The van der Waals surface area contributed by atoms with Gasteiger partial charge in [-0.3, -0.25) is 4.79 Å². The Morgan fingerprint density at radius 3 is 2.16 bits per heavy atom. The number of ether oxygens (including phenoxy) is 1. The molecule has 0 spiro atoms. The number of nitrogens with zero attached hydrogens (tertiary/aromatic N) is 1. The Bertz CT molecular complexity index is 1170. The summed E-state index contributed by atoms with van der Waals surface area (Å²) in [4.78, 5) is 15.0. The number of hydrogen-bond donors (Lipinski definition) is 1. The molecule has 0 heterocycles. The van der Waals surface area contributed by atoms with Gasteiger partial charge in [0, 0.05) is 17.2 Å². The first kappa shape index (κ1) is 26.7. The standard InChI is InChI=1S/C30H32F3NO3/c1-2-3-4-7-20-37-27-9-6-5-8-26(27)29(36)34(25-18-19-25)28(35)23-12-10-21(11-13-23)22-14-16-24(17-15-22)30(31,32)33/h5-6,8-17,25,29,36H,2-4,7,18-20H2,1H3. The number of carbonyl (C=O) groups excluding carboxylic acids is 1. The fraction of sp³-hybridized carbons (Fsp3) is 0.367. The number of aliphatic hydroxyl groups is 1. The summed E-state index contributed by atoms with van der Waals surface area (Å²) in [6, 6.07) is 18.8. The molecule has 4 rings (SSSR count). The highest BCUT2D eigenvalue weighted by molar-refractivity contribution is 5.95. The SMILES string of the molecule is CCCCCCOc1ccccc1C(O)N(C(=O)c1ccc(-c2ccc(C(F)(F)F)cc2)cc1)C1CC1.